The third-order valence-corrected chi connectivity index (χ3v) is 16.7. The molecule has 0 aromatic heterocycles. The van der Waals surface area contributed by atoms with E-state index in [1.165, 1.54) is 147 Å². The monoisotopic (exact) mass is 984 g/mol. The van der Waals surface area contributed by atoms with Crippen molar-refractivity contribution in [3.63, 3.8) is 0 Å². The Hall–Kier alpha value is -10.1. The first-order valence-electron chi connectivity index (χ1n) is 27.1. The zero-order valence-corrected chi connectivity index (χ0v) is 42.7. The highest BCUT2D eigenvalue weighted by Gasteiger charge is 2.14. The predicted octanol–water partition coefficient (Wildman–Crippen LogP) is 21.9. The SMILES string of the molecule is C(=Cc1ccc2ccc3cccc4ccc1c2c34)c1ccc(-c2cc(-c3ccc(C=Cc4ccc5ccc6cccc7ccc4c5c67)cc3)cc(-c3ccc(C=Cc4ccc5ccc6cccc7ccc4c5c67)cc3)c2)cc1. The molecule has 16 rings (SSSR count). The normalized spacial score (nSPS) is 12.5. The molecule has 0 fully saturated rings. The molecule has 0 bridgehead atoms. The molecular weight excluding hydrogens is 937 g/mol. The van der Waals surface area contributed by atoms with Crippen LogP contribution < -0.4 is 0 Å². The molecule has 0 spiro atoms. The highest BCUT2D eigenvalue weighted by molar-refractivity contribution is 6.27. The lowest BCUT2D eigenvalue weighted by Crippen LogP contribution is -1.88. The second-order valence-corrected chi connectivity index (χ2v) is 21.2. The van der Waals surface area contributed by atoms with Gasteiger partial charge in [-0.05, 0) is 182 Å². The van der Waals surface area contributed by atoms with Crippen LogP contribution in [-0.4, -0.2) is 0 Å². The molecule has 16 aromatic rings. The summed E-state index contributed by atoms with van der Waals surface area (Å²) >= 11 is 0. The van der Waals surface area contributed by atoms with E-state index in [0.29, 0.717) is 0 Å². The fourth-order valence-electron chi connectivity index (χ4n) is 12.8. The van der Waals surface area contributed by atoms with Crippen molar-refractivity contribution in [2.45, 2.75) is 0 Å². The molecule has 360 valence electrons. The summed E-state index contributed by atoms with van der Waals surface area (Å²) in [5, 5.41) is 23.5. The molecule has 0 atom stereocenters. The Balaban J connectivity index is 0.726. The van der Waals surface area contributed by atoms with Crippen molar-refractivity contribution in [3.05, 3.63) is 288 Å². The van der Waals surface area contributed by atoms with E-state index in [1.54, 1.807) is 0 Å². The lowest BCUT2D eigenvalue weighted by atomic mass is 9.91. The van der Waals surface area contributed by atoms with Crippen LogP contribution in [0.1, 0.15) is 33.4 Å². The average molecular weight is 985 g/mol. The minimum absolute atomic E-state index is 1.16. The zero-order chi connectivity index (χ0) is 51.3. The molecule has 0 saturated carbocycles. The molecule has 0 aliphatic carbocycles. The number of rotatable bonds is 9. The van der Waals surface area contributed by atoms with Gasteiger partial charge >= 0.3 is 0 Å². The molecule has 0 N–H and O–H groups in total. The van der Waals surface area contributed by atoms with Crippen LogP contribution in [0.4, 0.5) is 0 Å². The number of hydrogen-bond donors (Lipinski definition) is 0. The van der Waals surface area contributed by atoms with Gasteiger partial charge in [0.1, 0.15) is 0 Å². The second-order valence-electron chi connectivity index (χ2n) is 21.2. The summed E-state index contributed by atoms with van der Waals surface area (Å²) in [4.78, 5) is 0. The fraction of sp³-hybridized carbons (Fsp3) is 0. The van der Waals surface area contributed by atoms with Crippen molar-refractivity contribution in [1.82, 2.24) is 0 Å². The first-order valence-corrected chi connectivity index (χ1v) is 27.1. The van der Waals surface area contributed by atoms with E-state index in [2.05, 4.69) is 291 Å². The summed E-state index contributed by atoms with van der Waals surface area (Å²) < 4.78 is 0. The van der Waals surface area contributed by atoms with Gasteiger partial charge in [-0.1, -0.05) is 273 Å². The quantitative estimate of drug-likeness (QED) is 0.0999. The first-order chi connectivity index (χ1) is 38.6. The van der Waals surface area contributed by atoms with Gasteiger partial charge < -0.3 is 0 Å². The van der Waals surface area contributed by atoms with Crippen LogP contribution in [0.3, 0.4) is 0 Å². The largest absolute Gasteiger partial charge is 0.0610 e. The minimum atomic E-state index is 1.16. The second kappa shape index (κ2) is 17.7. The van der Waals surface area contributed by atoms with Gasteiger partial charge in [0.25, 0.3) is 0 Å². The van der Waals surface area contributed by atoms with E-state index in [9.17, 15) is 0 Å². The molecule has 0 aliphatic heterocycles. The van der Waals surface area contributed by atoms with Crippen molar-refractivity contribution in [2.24, 2.45) is 0 Å². The number of benzene rings is 16. The molecule has 78 heavy (non-hydrogen) atoms. The molecule has 0 heteroatoms. The van der Waals surface area contributed by atoms with Crippen molar-refractivity contribution < 1.29 is 0 Å². The van der Waals surface area contributed by atoms with Gasteiger partial charge in [0.2, 0.25) is 0 Å². The van der Waals surface area contributed by atoms with E-state index < -0.39 is 0 Å². The Labute approximate surface area is 452 Å². The molecule has 0 unspecified atom stereocenters. The van der Waals surface area contributed by atoms with Crippen LogP contribution in [0.2, 0.25) is 0 Å². The van der Waals surface area contributed by atoms with Gasteiger partial charge in [0.05, 0.1) is 0 Å². The maximum absolute atomic E-state index is 2.35. The van der Waals surface area contributed by atoms with Gasteiger partial charge in [-0.3, -0.25) is 0 Å². The molecule has 0 heterocycles. The third-order valence-electron chi connectivity index (χ3n) is 16.7. The van der Waals surface area contributed by atoms with Crippen LogP contribution in [0, 0.1) is 0 Å². The summed E-state index contributed by atoms with van der Waals surface area (Å²) in [6, 6.07) is 94.7. The van der Waals surface area contributed by atoms with Crippen molar-refractivity contribution in [3.8, 4) is 33.4 Å². The summed E-state index contributed by atoms with van der Waals surface area (Å²) in [6.07, 6.45) is 13.6. The smallest absolute Gasteiger partial charge is 0.00208 e. The van der Waals surface area contributed by atoms with E-state index in [1.807, 2.05) is 0 Å². The van der Waals surface area contributed by atoms with Crippen LogP contribution in [0.5, 0.6) is 0 Å². The molecule has 0 amide bonds. The lowest BCUT2D eigenvalue weighted by Gasteiger charge is -2.13. The van der Waals surface area contributed by atoms with Gasteiger partial charge in [-0.2, -0.15) is 0 Å². The van der Waals surface area contributed by atoms with E-state index >= 15 is 0 Å². The molecular formula is C78H48. The molecule has 0 radical (unpaired) electrons. The Morgan fingerprint density at radius 3 is 0.667 bits per heavy atom. The predicted molar refractivity (Wildman–Crippen MR) is 340 cm³/mol. The Kier molecular flexibility index (Phi) is 10.0. The summed E-state index contributed by atoms with van der Waals surface area (Å²) in [7, 11) is 0. The summed E-state index contributed by atoms with van der Waals surface area (Å²) in [5.74, 6) is 0. The molecule has 0 aliphatic rings. The number of hydrogen-bond acceptors (Lipinski definition) is 0. The third kappa shape index (κ3) is 7.37. The fourth-order valence-corrected chi connectivity index (χ4v) is 12.8. The lowest BCUT2D eigenvalue weighted by molar-refractivity contribution is 1.55. The van der Waals surface area contributed by atoms with Crippen molar-refractivity contribution in [2.75, 3.05) is 0 Å². The van der Waals surface area contributed by atoms with E-state index in [4.69, 9.17) is 0 Å². The van der Waals surface area contributed by atoms with Crippen LogP contribution in [0.15, 0.2) is 255 Å². The standard InChI is InChI=1S/C78H48/c1-4-58-34-37-64-31-28-55(70-43-40-61(7-1)73(58)76(64)70)25-16-49-10-19-52(20-11-49)67-46-68(53-21-12-50(13-22-53)17-26-56-29-32-65-38-35-59-5-2-8-62-41-44-71(56)77(65)74(59)62)48-69(47-67)54-23-14-51(15-24-54)18-27-57-30-33-66-39-36-60-6-3-9-63-42-45-72(57)78(66)75(60)63/h1-48H. The maximum Gasteiger partial charge on any atom is -0.00208 e. The van der Waals surface area contributed by atoms with Gasteiger partial charge in [-0.15, -0.1) is 0 Å². The van der Waals surface area contributed by atoms with Crippen LogP contribution in [-0.2, 0) is 0 Å². The Bertz CT molecular complexity index is 4510. The highest BCUT2D eigenvalue weighted by Crippen LogP contribution is 2.41. The van der Waals surface area contributed by atoms with Crippen LogP contribution >= 0.6 is 0 Å². The van der Waals surface area contributed by atoms with Crippen molar-refractivity contribution >= 4 is 133 Å². The topological polar surface area (TPSA) is 0 Å². The minimum Gasteiger partial charge on any atom is -0.0610 e. The van der Waals surface area contributed by atoms with Crippen molar-refractivity contribution in [1.29, 1.82) is 0 Å². The molecule has 0 saturated heterocycles. The average Bonchev–Trinajstić information content (AvgIpc) is 3.65. The van der Waals surface area contributed by atoms with E-state index in [0.717, 1.165) is 16.7 Å². The highest BCUT2D eigenvalue weighted by atomic mass is 14.2. The Morgan fingerprint density at radius 2 is 0.397 bits per heavy atom. The maximum atomic E-state index is 2.35. The van der Waals surface area contributed by atoms with Gasteiger partial charge in [-0.25, -0.2) is 0 Å². The molecule has 0 nitrogen and oxygen atoms in total. The van der Waals surface area contributed by atoms with Gasteiger partial charge in [0.15, 0.2) is 0 Å². The van der Waals surface area contributed by atoms with E-state index in [-0.39, 0.29) is 0 Å². The summed E-state index contributed by atoms with van der Waals surface area (Å²) in [6.45, 7) is 0. The van der Waals surface area contributed by atoms with Crippen LogP contribution in [0.25, 0.3) is 167 Å². The molecule has 16 aromatic carbocycles. The summed E-state index contributed by atoms with van der Waals surface area (Å²) in [5.41, 5.74) is 14.3. The Morgan fingerprint density at radius 1 is 0.167 bits per heavy atom. The first kappa shape index (κ1) is 44.2. The zero-order valence-electron chi connectivity index (χ0n) is 42.7. The van der Waals surface area contributed by atoms with Gasteiger partial charge in [0, 0.05) is 0 Å².